The smallest absolute Gasteiger partial charge is 0.228 e. The number of fused-ring (bicyclic) bond motifs is 1. The van der Waals surface area contributed by atoms with Gasteiger partial charge in [0.15, 0.2) is 11.5 Å². The number of amides is 2. The molecule has 2 saturated carbocycles. The summed E-state index contributed by atoms with van der Waals surface area (Å²) in [5.41, 5.74) is 2.48. The molecule has 2 aliphatic carbocycles. The van der Waals surface area contributed by atoms with Crippen molar-refractivity contribution < 1.29 is 14.3 Å². The first-order chi connectivity index (χ1) is 16.1. The summed E-state index contributed by atoms with van der Waals surface area (Å²) < 4.78 is 6.89. The van der Waals surface area contributed by atoms with E-state index >= 15 is 0 Å². The number of hydrogen-bond acceptors (Lipinski definition) is 8. The summed E-state index contributed by atoms with van der Waals surface area (Å²) in [7, 11) is 1.61. The van der Waals surface area contributed by atoms with Crippen LogP contribution < -0.4 is 15.5 Å². The third kappa shape index (κ3) is 4.92. The van der Waals surface area contributed by atoms with Crippen LogP contribution in [0.1, 0.15) is 43.0 Å². The minimum atomic E-state index is -0.00568. The van der Waals surface area contributed by atoms with E-state index in [-0.39, 0.29) is 11.8 Å². The average Bonchev–Trinajstić information content (AvgIpc) is 3.74. The second-order valence-corrected chi connectivity index (χ2v) is 8.43. The monoisotopic (exact) mass is 450 g/mol. The number of nitrogens with zero attached hydrogens (tertiary/aromatic N) is 6. The van der Waals surface area contributed by atoms with E-state index in [0.717, 1.165) is 43.3 Å². The van der Waals surface area contributed by atoms with Gasteiger partial charge >= 0.3 is 0 Å². The topological polar surface area (TPSA) is 127 Å². The van der Waals surface area contributed by atoms with Gasteiger partial charge in [0, 0.05) is 31.8 Å². The van der Waals surface area contributed by atoms with Crippen molar-refractivity contribution in [3.63, 3.8) is 0 Å². The summed E-state index contributed by atoms with van der Waals surface area (Å²) in [6.45, 7) is 1.18. The van der Waals surface area contributed by atoms with Crippen molar-refractivity contribution in [1.82, 2.24) is 24.6 Å². The first kappa shape index (κ1) is 21.3. The van der Waals surface area contributed by atoms with Gasteiger partial charge in [-0.15, -0.1) is 5.10 Å². The molecule has 2 fully saturated rings. The molecule has 0 bridgehead atoms. The van der Waals surface area contributed by atoms with Gasteiger partial charge in [-0.3, -0.25) is 9.59 Å². The van der Waals surface area contributed by atoms with Gasteiger partial charge in [0.05, 0.1) is 18.8 Å². The van der Waals surface area contributed by atoms with E-state index in [2.05, 4.69) is 30.7 Å². The van der Waals surface area contributed by atoms with E-state index < -0.39 is 0 Å². The van der Waals surface area contributed by atoms with E-state index in [4.69, 9.17) is 4.74 Å². The van der Waals surface area contributed by atoms with Crippen LogP contribution in [0.15, 0.2) is 24.7 Å². The quantitative estimate of drug-likeness (QED) is 0.425. The molecule has 3 aromatic rings. The molecule has 172 valence electrons. The standard InChI is InChI=1S/C22H26N8O3/c1-33-7-6-29(13-31)17-8-16(14-2-3-14)11-30-21(17)26-20(28-30)10-23-18-9-19(25-12-24-18)27-22(32)15-4-5-15/h8-9,11-15H,2-7,10H2,1H3,(H2,23,24,25,27,32). The molecule has 2 aliphatic rings. The average molecular weight is 451 g/mol. The minimum absolute atomic E-state index is 0.00568. The Morgan fingerprint density at radius 3 is 2.79 bits per heavy atom. The maximum atomic E-state index is 12.0. The van der Waals surface area contributed by atoms with Crippen molar-refractivity contribution in [2.45, 2.75) is 38.1 Å². The lowest BCUT2D eigenvalue weighted by Crippen LogP contribution is -2.26. The fourth-order valence-electron chi connectivity index (χ4n) is 3.64. The summed E-state index contributed by atoms with van der Waals surface area (Å²) in [4.78, 5) is 38.3. The number of nitrogens with one attached hydrogen (secondary N) is 2. The molecule has 0 aliphatic heterocycles. The summed E-state index contributed by atoms with van der Waals surface area (Å²) in [6.07, 6.45) is 8.33. The molecule has 5 rings (SSSR count). The molecule has 2 N–H and O–H groups in total. The fraction of sp³-hybridized carbons (Fsp3) is 0.455. The molecule has 0 spiro atoms. The molecule has 0 atom stereocenters. The van der Waals surface area contributed by atoms with Crippen molar-refractivity contribution in [2.24, 2.45) is 5.92 Å². The lowest BCUT2D eigenvalue weighted by atomic mass is 10.1. The SMILES string of the molecule is COCCN(C=O)c1cc(C2CC2)cn2nc(CNc3cc(NC(=O)C4CC4)ncn3)nc12. The van der Waals surface area contributed by atoms with Gasteiger partial charge in [0.1, 0.15) is 18.0 Å². The van der Waals surface area contributed by atoms with E-state index in [9.17, 15) is 9.59 Å². The Bertz CT molecular complexity index is 1170. The van der Waals surface area contributed by atoms with Gasteiger partial charge in [0.2, 0.25) is 12.3 Å². The van der Waals surface area contributed by atoms with Gasteiger partial charge in [-0.25, -0.2) is 19.5 Å². The lowest BCUT2D eigenvalue weighted by molar-refractivity contribution is -0.117. The van der Waals surface area contributed by atoms with Crippen LogP contribution in [-0.4, -0.2) is 57.1 Å². The zero-order chi connectivity index (χ0) is 22.8. The van der Waals surface area contributed by atoms with Gasteiger partial charge in [-0.1, -0.05) is 0 Å². The van der Waals surface area contributed by atoms with E-state index in [1.165, 1.54) is 6.33 Å². The zero-order valence-electron chi connectivity index (χ0n) is 18.4. The highest BCUT2D eigenvalue weighted by molar-refractivity contribution is 5.93. The summed E-state index contributed by atoms with van der Waals surface area (Å²) in [5.74, 6) is 2.17. The number of methoxy groups -OCH3 is 1. The second kappa shape index (κ2) is 9.10. The predicted octanol–water partition coefficient (Wildman–Crippen LogP) is 1.97. The Labute approximate surface area is 190 Å². The van der Waals surface area contributed by atoms with Gasteiger partial charge < -0.3 is 20.3 Å². The minimum Gasteiger partial charge on any atom is -0.383 e. The third-order valence-electron chi connectivity index (χ3n) is 5.79. The van der Waals surface area contributed by atoms with Crippen molar-refractivity contribution in [3.05, 3.63) is 36.0 Å². The summed E-state index contributed by atoms with van der Waals surface area (Å²) >= 11 is 0. The second-order valence-electron chi connectivity index (χ2n) is 8.43. The Morgan fingerprint density at radius 1 is 1.24 bits per heavy atom. The Hall–Kier alpha value is -3.60. The number of pyridine rings is 1. The van der Waals surface area contributed by atoms with Crippen molar-refractivity contribution in [1.29, 1.82) is 0 Å². The molecule has 0 radical (unpaired) electrons. The van der Waals surface area contributed by atoms with Crippen LogP contribution in [0, 0.1) is 5.92 Å². The highest BCUT2D eigenvalue weighted by atomic mass is 16.5. The van der Waals surface area contributed by atoms with Crippen LogP contribution in [0.3, 0.4) is 0 Å². The highest BCUT2D eigenvalue weighted by Gasteiger charge is 2.30. The van der Waals surface area contributed by atoms with Crippen LogP contribution in [0.25, 0.3) is 5.65 Å². The van der Waals surface area contributed by atoms with E-state index in [0.29, 0.717) is 48.7 Å². The summed E-state index contributed by atoms with van der Waals surface area (Å²) in [6, 6.07) is 3.72. The molecule has 2 amide bonds. The number of carbonyl (C=O) groups excluding carboxylic acids is 2. The molecule has 0 saturated heterocycles. The first-order valence-corrected chi connectivity index (χ1v) is 11.1. The van der Waals surface area contributed by atoms with Gasteiger partial charge in [-0.05, 0) is 43.2 Å². The molecule has 0 unspecified atom stereocenters. The molecule has 3 heterocycles. The van der Waals surface area contributed by atoms with Gasteiger partial charge in [-0.2, -0.15) is 0 Å². The number of rotatable bonds is 11. The van der Waals surface area contributed by atoms with Crippen molar-refractivity contribution in [2.75, 3.05) is 35.8 Å². The van der Waals surface area contributed by atoms with Crippen molar-refractivity contribution in [3.8, 4) is 0 Å². The Kier molecular flexibility index (Phi) is 5.86. The summed E-state index contributed by atoms with van der Waals surface area (Å²) in [5, 5.41) is 10.6. The molecule has 33 heavy (non-hydrogen) atoms. The van der Waals surface area contributed by atoms with Crippen molar-refractivity contribution >= 4 is 35.3 Å². The molecule has 11 nitrogen and oxygen atoms in total. The zero-order valence-corrected chi connectivity index (χ0v) is 18.4. The lowest BCUT2D eigenvalue weighted by Gasteiger charge is -2.18. The molecule has 3 aromatic heterocycles. The maximum absolute atomic E-state index is 12.0. The van der Waals surface area contributed by atoms with Crippen LogP contribution >= 0.6 is 0 Å². The Balaban J connectivity index is 1.35. The molecule has 0 aromatic carbocycles. The number of aromatic nitrogens is 5. The predicted molar refractivity (Wildman–Crippen MR) is 121 cm³/mol. The number of hydrogen-bond donors (Lipinski definition) is 2. The highest BCUT2D eigenvalue weighted by Crippen LogP contribution is 2.41. The largest absolute Gasteiger partial charge is 0.383 e. The molecule has 11 heteroatoms. The van der Waals surface area contributed by atoms with Crippen LogP contribution in [0.2, 0.25) is 0 Å². The first-order valence-electron chi connectivity index (χ1n) is 11.1. The molecular formula is C22H26N8O3. The van der Waals surface area contributed by atoms with Crippen LogP contribution in [-0.2, 0) is 20.9 Å². The third-order valence-corrected chi connectivity index (χ3v) is 5.79. The maximum Gasteiger partial charge on any atom is 0.228 e. The van der Waals surface area contributed by atoms with E-state index in [1.807, 2.05) is 12.3 Å². The Morgan fingerprint density at radius 2 is 2.06 bits per heavy atom. The molecular weight excluding hydrogens is 424 g/mol. The van der Waals surface area contributed by atoms with E-state index in [1.54, 1.807) is 22.6 Å². The van der Waals surface area contributed by atoms with Gasteiger partial charge in [0.25, 0.3) is 0 Å². The normalized spacial score (nSPS) is 15.4. The van der Waals surface area contributed by atoms with Crippen LogP contribution in [0.5, 0.6) is 0 Å². The fourth-order valence-corrected chi connectivity index (χ4v) is 3.64. The van der Waals surface area contributed by atoms with Crippen LogP contribution in [0.4, 0.5) is 17.3 Å². The number of ether oxygens (including phenoxy) is 1. The number of anilines is 3. The number of carbonyl (C=O) groups is 2.